The van der Waals surface area contributed by atoms with Crippen LogP contribution in [0.2, 0.25) is 0 Å². The van der Waals surface area contributed by atoms with Crippen LogP contribution in [0.15, 0.2) is 4.79 Å². The average molecular weight is 182 g/mol. The molecule has 0 bridgehead atoms. The molecule has 0 aromatic carbocycles. The Hall–Kier alpha value is -1.10. The summed E-state index contributed by atoms with van der Waals surface area (Å²) in [6.45, 7) is 1.41. The molecular formula is C8H14N4O. The lowest BCUT2D eigenvalue weighted by molar-refractivity contribution is 0.562. The van der Waals surface area contributed by atoms with E-state index in [-0.39, 0.29) is 5.69 Å². The zero-order valence-corrected chi connectivity index (χ0v) is 7.71. The predicted molar refractivity (Wildman–Crippen MR) is 48.7 cm³/mol. The highest BCUT2D eigenvalue weighted by Gasteiger charge is 2.27. The number of hydrogen-bond acceptors (Lipinski definition) is 3. The van der Waals surface area contributed by atoms with E-state index in [0.29, 0.717) is 12.5 Å². The van der Waals surface area contributed by atoms with Crippen LogP contribution in [0, 0.1) is 0 Å². The van der Waals surface area contributed by atoms with Crippen molar-refractivity contribution in [3.8, 4) is 0 Å². The molecule has 0 spiro atoms. The van der Waals surface area contributed by atoms with Crippen LogP contribution < -0.4 is 11.0 Å². The lowest BCUT2D eigenvalue weighted by Crippen LogP contribution is -2.24. The topological polar surface area (TPSA) is 62.7 Å². The Labute approximate surface area is 76.2 Å². The highest BCUT2D eigenvalue weighted by Crippen LogP contribution is 2.37. The summed E-state index contributed by atoms with van der Waals surface area (Å²) in [6.07, 6.45) is 2.33. The lowest BCUT2D eigenvalue weighted by atomic mass is 10.4. The van der Waals surface area contributed by atoms with Crippen molar-refractivity contribution in [1.82, 2.24) is 20.1 Å². The summed E-state index contributed by atoms with van der Waals surface area (Å²) in [5, 5.41) is 7.20. The number of nitrogens with one attached hydrogen (secondary N) is 2. The molecule has 1 aliphatic rings. The van der Waals surface area contributed by atoms with E-state index in [1.165, 1.54) is 17.5 Å². The van der Waals surface area contributed by atoms with Crippen LogP contribution in [-0.4, -0.2) is 28.4 Å². The molecule has 1 fully saturated rings. The van der Waals surface area contributed by atoms with Crippen molar-refractivity contribution in [2.45, 2.75) is 25.3 Å². The monoisotopic (exact) mass is 182 g/mol. The highest BCUT2D eigenvalue weighted by molar-refractivity contribution is 5.02. The summed E-state index contributed by atoms with van der Waals surface area (Å²) in [6, 6.07) is 0. The Morgan fingerprint density at radius 1 is 1.69 bits per heavy atom. The first kappa shape index (κ1) is 8.50. The second kappa shape index (κ2) is 3.33. The van der Waals surface area contributed by atoms with Crippen molar-refractivity contribution in [2.75, 3.05) is 13.6 Å². The fourth-order valence-electron chi connectivity index (χ4n) is 1.28. The number of hydrogen-bond donors (Lipinski definition) is 2. The molecule has 0 aliphatic heterocycles. The van der Waals surface area contributed by atoms with E-state index in [2.05, 4.69) is 15.4 Å². The zero-order chi connectivity index (χ0) is 9.26. The van der Waals surface area contributed by atoms with E-state index in [1.54, 1.807) is 0 Å². The Morgan fingerprint density at radius 2 is 2.46 bits per heavy atom. The van der Waals surface area contributed by atoms with Crippen LogP contribution >= 0.6 is 0 Å². The Balaban J connectivity index is 2.11. The van der Waals surface area contributed by atoms with Crippen LogP contribution in [0.25, 0.3) is 0 Å². The average Bonchev–Trinajstić information content (AvgIpc) is 2.89. The van der Waals surface area contributed by atoms with Crippen LogP contribution in [0.1, 0.15) is 24.6 Å². The quantitative estimate of drug-likeness (QED) is 0.670. The minimum atomic E-state index is -0.0860. The Morgan fingerprint density at radius 3 is 3.08 bits per heavy atom. The normalized spacial score (nSPS) is 16.4. The first-order valence-electron chi connectivity index (χ1n) is 4.63. The van der Waals surface area contributed by atoms with E-state index < -0.39 is 0 Å². The third kappa shape index (κ3) is 1.80. The van der Waals surface area contributed by atoms with Gasteiger partial charge in [-0.2, -0.15) is 5.10 Å². The molecule has 0 unspecified atom stereocenters. The van der Waals surface area contributed by atoms with E-state index in [1.807, 2.05) is 7.05 Å². The van der Waals surface area contributed by atoms with Gasteiger partial charge in [0.25, 0.3) is 0 Å². The highest BCUT2D eigenvalue weighted by atomic mass is 16.1. The van der Waals surface area contributed by atoms with E-state index in [0.717, 1.165) is 12.4 Å². The van der Waals surface area contributed by atoms with Gasteiger partial charge in [0.2, 0.25) is 0 Å². The second-order valence-corrected chi connectivity index (χ2v) is 3.42. The van der Waals surface area contributed by atoms with Gasteiger partial charge in [-0.25, -0.2) is 9.48 Å². The molecule has 2 rings (SSSR count). The molecule has 1 heterocycles. The maximum Gasteiger partial charge on any atom is 0.343 e. The summed E-state index contributed by atoms with van der Waals surface area (Å²) >= 11 is 0. The van der Waals surface area contributed by atoms with Gasteiger partial charge in [-0.1, -0.05) is 0 Å². The van der Waals surface area contributed by atoms with Gasteiger partial charge in [-0.3, -0.25) is 4.98 Å². The van der Waals surface area contributed by atoms with Gasteiger partial charge in [0.1, 0.15) is 5.82 Å². The van der Waals surface area contributed by atoms with Crippen LogP contribution in [0.3, 0.4) is 0 Å². The smallest absolute Gasteiger partial charge is 0.318 e. The van der Waals surface area contributed by atoms with Crippen molar-refractivity contribution < 1.29 is 0 Å². The van der Waals surface area contributed by atoms with Crippen LogP contribution in [0.4, 0.5) is 0 Å². The molecule has 0 amide bonds. The van der Waals surface area contributed by atoms with Crippen molar-refractivity contribution >= 4 is 0 Å². The van der Waals surface area contributed by atoms with Gasteiger partial charge >= 0.3 is 5.69 Å². The fourth-order valence-corrected chi connectivity index (χ4v) is 1.28. The van der Waals surface area contributed by atoms with E-state index in [9.17, 15) is 4.79 Å². The van der Waals surface area contributed by atoms with Gasteiger partial charge < -0.3 is 5.32 Å². The van der Waals surface area contributed by atoms with Crippen molar-refractivity contribution in [3.63, 3.8) is 0 Å². The molecule has 0 atom stereocenters. The van der Waals surface area contributed by atoms with Crippen LogP contribution in [-0.2, 0) is 6.54 Å². The molecule has 1 aliphatic carbocycles. The number of H-pyrrole nitrogens is 1. The summed E-state index contributed by atoms with van der Waals surface area (Å²) in [5.41, 5.74) is -0.0860. The third-order valence-corrected chi connectivity index (χ3v) is 2.24. The predicted octanol–water partition coefficient (Wildman–Crippen LogP) is -0.332. The Bertz CT molecular complexity index is 336. The minimum absolute atomic E-state index is 0.0860. The fraction of sp³-hybridized carbons (Fsp3) is 0.750. The maximum absolute atomic E-state index is 11.3. The van der Waals surface area contributed by atoms with Crippen molar-refractivity contribution in [3.05, 3.63) is 16.3 Å². The van der Waals surface area contributed by atoms with Gasteiger partial charge in [0.15, 0.2) is 0 Å². The van der Waals surface area contributed by atoms with E-state index in [4.69, 9.17) is 0 Å². The summed E-state index contributed by atoms with van der Waals surface area (Å²) < 4.78 is 1.49. The Kier molecular flexibility index (Phi) is 2.18. The molecule has 72 valence electrons. The molecule has 13 heavy (non-hydrogen) atoms. The maximum atomic E-state index is 11.3. The molecule has 2 N–H and O–H groups in total. The number of nitrogens with zero attached hydrogens (tertiary/aromatic N) is 2. The summed E-state index contributed by atoms with van der Waals surface area (Å²) in [7, 11) is 1.86. The molecule has 5 heteroatoms. The SMILES string of the molecule is CNCCn1nc(C2CC2)[nH]c1=O. The van der Waals surface area contributed by atoms with Crippen molar-refractivity contribution in [1.29, 1.82) is 0 Å². The first-order valence-corrected chi connectivity index (χ1v) is 4.63. The molecule has 0 radical (unpaired) electrons. The largest absolute Gasteiger partial charge is 0.343 e. The third-order valence-electron chi connectivity index (χ3n) is 2.24. The molecule has 0 saturated heterocycles. The zero-order valence-electron chi connectivity index (χ0n) is 7.71. The minimum Gasteiger partial charge on any atom is -0.318 e. The van der Waals surface area contributed by atoms with Gasteiger partial charge in [-0.05, 0) is 19.9 Å². The molecule has 5 nitrogen and oxygen atoms in total. The number of likely N-dealkylation sites (N-methyl/N-ethyl adjacent to an activating group) is 1. The number of aromatic amines is 1. The van der Waals surface area contributed by atoms with Gasteiger partial charge in [0.05, 0.1) is 6.54 Å². The van der Waals surface area contributed by atoms with Gasteiger partial charge in [-0.15, -0.1) is 0 Å². The van der Waals surface area contributed by atoms with Crippen LogP contribution in [0.5, 0.6) is 0 Å². The van der Waals surface area contributed by atoms with Crippen molar-refractivity contribution in [2.24, 2.45) is 0 Å². The standard InChI is InChI=1S/C8H14N4O/c1-9-4-5-12-8(13)10-7(11-12)6-2-3-6/h6,9H,2-5H2,1H3,(H,10,11,13). The summed E-state index contributed by atoms with van der Waals surface area (Å²) in [5.74, 6) is 1.38. The summed E-state index contributed by atoms with van der Waals surface area (Å²) in [4.78, 5) is 14.1. The number of rotatable bonds is 4. The van der Waals surface area contributed by atoms with Gasteiger partial charge in [0, 0.05) is 12.5 Å². The molecule has 1 aromatic heterocycles. The molecule has 1 aromatic rings. The molecular weight excluding hydrogens is 168 g/mol. The van der Waals surface area contributed by atoms with E-state index >= 15 is 0 Å². The second-order valence-electron chi connectivity index (χ2n) is 3.42. The molecule has 1 saturated carbocycles. The lowest BCUT2D eigenvalue weighted by Gasteiger charge is -1.96. The first-order chi connectivity index (χ1) is 6.31. The number of aromatic nitrogens is 3.